The Morgan fingerprint density at radius 3 is 2.54 bits per heavy atom. The summed E-state index contributed by atoms with van der Waals surface area (Å²) in [4.78, 5) is 33.4. The summed E-state index contributed by atoms with van der Waals surface area (Å²) in [5.74, 6) is -0.0482. The largest absolute Gasteiger partial charge is 0.497 e. The van der Waals surface area contributed by atoms with Gasteiger partial charge in [0.1, 0.15) is 12.9 Å². The Hall–Kier alpha value is -4.53. The van der Waals surface area contributed by atoms with E-state index < -0.39 is 17.5 Å². The number of urea groups is 1. The Morgan fingerprint density at radius 2 is 1.81 bits per heavy atom. The molecule has 9 heteroatoms. The van der Waals surface area contributed by atoms with Crippen molar-refractivity contribution in [3.05, 3.63) is 72.3 Å². The molecule has 9 nitrogen and oxygen atoms in total. The molecule has 5 rings (SSSR count). The summed E-state index contributed by atoms with van der Waals surface area (Å²) in [6, 6.07) is 20.5. The van der Waals surface area contributed by atoms with E-state index in [1.165, 1.54) is 12.0 Å². The van der Waals surface area contributed by atoms with Crippen molar-refractivity contribution < 1.29 is 19.2 Å². The Balaban J connectivity index is 1.65. The molecule has 0 radical (unpaired) electrons. The molecule has 4 aromatic rings. The van der Waals surface area contributed by atoms with Gasteiger partial charge in [0.25, 0.3) is 0 Å². The second-order valence-corrected chi connectivity index (χ2v) is 8.98. The second-order valence-electron chi connectivity index (χ2n) is 8.98. The molecule has 1 saturated heterocycles. The molecule has 3 aromatic carbocycles. The summed E-state index contributed by atoms with van der Waals surface area (Å²) in [6.07, 6.45) is 0.125. The normalized spacial score (nSPS) is 18.5. The molecule has 1 fully saturated rings. The third-order valence-electron chi connectivity index (χ3n) is 7.02. The first-order chi connectivity index (χ1) is 17.9. The molecule has 1 aliphatic rings. The Bertz CT molecular complexity index is 1540. The van der Waals surface area contributed by atoms with Crippen molar-refractivity contribution in [3.63, 3.8) is 0 Å². The van der Waals surface area contributed by atoms with Crippen molar-refractivity contribution in [3.8, 4) is 5.75 Å². The van der Waals surface area contributed by atoms with Crippen molar-refractivity contribution in [2.45, 2.75) is 25.4 Å². The lowest BCUT2D eigenvalue weighted by atomic mass is 9.85. The van der Waals surface area contributed by atoms with Crippen molar-refractivity contribution in [1.82, 2.24) is 9.47 Å². The van der Waals surface area contributed by atoms with E-state index in [4.69, 9.17) is 15.3 Å². The Labute approximate surface area is 214 Å². The Morgan fingerprint density at radius 1 is 1.03 bits per heavy atom. The van der Waals surface area contributed by atoms with Gasteiger partial charge in [0, 0.05) is 46.5 Å². The summed E-state index contributed by atoms with van der Waals surface area (Å²) in [5, 5.41) is 9.02. The third kappa shape index (κ3) is 3.92. The lowest BCUT2D eigenvalue weighted by Gasteiger charge is -2.35. The van der Waals surface area contributed by atoms with Crippen molar-refractivity contribution in [2.24, 2.45) is 10.9 Å². The molecule has 1 unspecified atom stereocenters. The molecular formula is C28H29N5O4. The van der Waals surface area contributed by atoms with Crippen LogP contribution in [-0.2, 0) is 21.7 Å². The number of likely N-dealkylation sites (tertiary alicyclic amines) is 1. The summed E-state index contributed by atoms with van der Waals surface area (Å²) >= 11 is 0. The van der Waals surface area contributed by atoms with Gasteiger partial charge < -0.3 is 25.2 Å². The van der Waals surface area contributed by atoms with E-state index in [9.17, 15) is 9.59 Å². The lowest BCUT2D eigenvalue weighted by Crippen LogP contribution is -2.54. The topological polar surface area (TPSA) is 111 Å². The summed E-state index contributed by atoms with van der Waals surface area (Å²) in [5.41, 5.74) is 8.48. The molecule has 0 bridgehead atoms. The molecule has 0 spiro atoms. The van der Waals surface area contributed by atoms with Gasteiger partial charge in [0.15, 0.2) is 5.54 Å². The number of rotatable bonds is 6. The van der Waals surface area contributed by atoms with E-state index >= 15 is 0 Å². The van der Waals surface area contributed by atoms with Gasteiger partial charge in [0.2, 0.25) is 5.91 Å². The number of hydrogen-bond acceptors (Lipinski definition) is 5. The molecule has 1 aliphatic heterocycles. The third-order valence-corrected chi connectivity index (χ3v) is 7.02. The molecule has 0 aliphatic carbocycles. The van der Waals surface area contributed by atoms with Crippen LogP contribution in [0.15, 0.2) is 71.9 Å². The number of nitrogens with two attached hydrogens (primary N) is 1. The fourth-order valence-corrected chi connectivity index (χ4v) is 5.36. The Kier molecular flexibility index (Phi) is 6.20. The molecule has 2 heterocycles. The zero-order valence-corrected chi connectivity index (χ0v) is 21.0. The van der Waals surface area contributed by atoms with E-state index in [2.05, 4.69) is 34.1 Å². The van der Waals surface area contributed by atoms with Crippen LogP contribution in [0.3, 0.4) is 0 Å². The highest BCUT2D eigenvalue weighted by Gasteiger charge is 2.53. The number of fused-ring (bicyclic) bond motifs is 3. The molecule has 0 saturated carbocycles. The van der Waals surface area contributed by atoms with Crippen LogP contribution >= 0.6 is 0 Å². The van der Waals surface area contributed by atoms with E-state index in [1.807, 2.05) is 30.3 Å². The first-order valence-corrected chi connectivity index (χ1v) is 12.1. The number of anilines is 1. The highest BCUT2D eigenvalue weighted by Crippen LogP contribution is 2.41. The predicted octanol–water partition coefficient (Wildman–Crippen LogP) is 4.44. The van der Waals surface area contributed by atoms with Crippen LogP contribution in [0.2, 0.25) is 0 Å². The first-order valence-electron chi connectivity index (χ1n) is 12.1. The lowest BCUT2D eigenvalue weighted by molar-refractivity contribution is -0.127. The minimum Gasteiger partial charge on any atom is -0.497 e. The highest BCUT2D eigenvalue weighted by molar-refractivity contribution is 6.10. The van der Waals surface area contributed by atoms with Gasteiger partial charge in [-0.3, -0.25) is 9.69 Å². The first kappa shape index (κ1) is 24.2. The SMILES string of the molecule is CCn1c2ccccc2c2cc(C3(C(N)=O)CC(=NOC)CN3C(=O)Nc3cccc(OC)c3)ccc21. The van der Waals surface area contributed by atoms with Crippen LogP contribution in [0.1, 0.15) is 18.9 Å². The van der Waals surface area contributed by atoms with Crippen LogP contribution in [0, 0.1) is 0 Å². The van der Waals surface area contributed by atoms with E-state index in [1.54, 1.807) is 31.4 Å². The van der Waals surface area contributed by atoms with Gasteiger partial charge in [-0.05, 0) is 42.8 Å². The number of carbonyl (C=O) groups excluding carboxylic acids is 2. The van der Waals surface area contributed by atoms with Crippen LogP contribution in [0.25, 0.3) is 21.8 Å². The number of ether oxygens (including phenoxy) is 1. The van der Waals surface area contributed by atoms with Gasteiger partial charge in [-0.1, -0.05) is 35.5 Å². The fourth-order valence-electron chi connectivity index (χ4n) is 5.36. The summed E-state index contributed by atoms with van der Waals surface area (Å²) in [7, 11) is 2.99. The zero-order valence-electron chi connectivity index (χ0n) is 21.0. The minimum atomic E-state index is -1.45. The number of aromatic nitrogens is 1. The quantitative estimate of drug-likeness (QED) is 0.382. The van der Waals surface area contributed by atoms with Crippen LogP contribution < -0.4 is 15.8 Å². The molecule has 1 atom stereocenters. The maximum absolute atomic E-state index is 13.7. The minimum absolute atomic E-state index is 0.0847. The highest BCUT2D eigenvalue weighted by atomic mass is 16.6. The average Bonchev–Trinajstić information content (AvgIpc) is 3.45. The number of nitrogens with zero attached hydrogens (tertiary/aromatic N) is 3. The van der Waals surface area contributed by atoms with Crippen LogP contribution in [-0.4, -0.2) is 47.9 Å². The van der Waals surface area contributed by atoms with Gasteiger partial charge in [-0.25, -0.2) is 4.79 Å². The number of methoxy groups -OCH3 is 1. The molecular weight excluding hydrogens is 470 g/mol. The van der Waals surface area contributed by atoms with Crippen molar-refractivity contribution in [2.75, 3.05) is 26.1 Å². The molecule has 37 heavy (non-hydrogen) atoms. The van der Waals surface area contributed by atoms with E-state index in [0.29, 0.717) is 22.7 Å². The molecule has 3 amide bonds. The number of amides is 3. The monoisotopic (exact) mass is 499 g/mol. The summed E-state index contributed by atoms with van der Waals surface area (Å²) in [6.45, 7) is 2.98. The fraction of sp³-hybridized carbons (Fsp3) is 0.250. The maximum atomic E-state index is 13.7. The molecule has 3 N–H and O–H groups in total. The predicted molar refractivity (Wildman–Crippen MR) is 144 cm³/mol. The van der Waals surface area contributed by atoms with Gasteiger partial charge in [0.05, 0.1) is 19.4 Å². The van der Waals surface area contributed by atoms with Gasteiger partial charge in [-0.15, -0.1) is 0 Å². The average molecular weight is 500 g/mol. The van der Waals surface area contributed by atoms with E-state index in [0.717, 1.165) is 28.4 Å². The van der Waals surface area contributed by atoms with E-state index in [-0.39, 0.29) is 13.0 Å². The number of oxime groups is 1. The smallest absolute Gasteiger partial charge is 0.323 e. The number of aryl methyl sites for hydroxylation is 1. The number of primary amides is 1. The standard InChI is InChI=1S/C28H29N5O4/c1-4-32-24-11-6-5-10-22(24)23-14-18(12-13-25(23)32)28(26(29)34)16-20(31-37-3)17-33(28)27(35)30-19-8-7-9-21(15-19)36-2/h5-15H,4,16-17H2,1-3H3,(H2,29,34)(H,30,35). The van der Waals surface area contributed by atoms with Gasteiger partial charge >= 0.3 is 6.03 Å². The maximum Gasteiger partial charge on any atom is 0.323 e. The number of carbonyl (C=O) groups is 2. The number of hydrogen-bond donors (Lipinski definition) is 2. The number of benzene rings is 3. The van der Waals surface area contributed by atoms with Crippen molar-refractivity contribution in [1.29, 1.82) is 0 Å². The van der Waals surface area contributed by atoms with Gasteiger partial charge in [-0.2, -0.15) is 0 Å². The number of para-hydroxylation sites is 1. The molecule has 190 valence electrons. The molecule has 1 aromatic heterocycles. The van der Waals surface area contributed by atoms with Crippen LogP contribution in [0.5, 0.6) is 5.75 Å². The zero-order chi connectivity index (χ0) is 26.2. The summed E-state index contributed by atoms with van der Waals surface area (Å²) < 4.78 is 7.50. The van der Waals surface area contributed by atoms with Crippen molar-refractivity contribution >= 4 is 45.1 Å². The number of nitrogens with one attached hydrogen (secondary N) is 1. The van der Waals surface area contributed by atoms with Crippen LogP contribution in [0.4, 0.5) is 10.5 Å². The second kappa shape index (κ2) is 9.50.